The molecule has 0 unspecified atom stereocenters. The van der Waals surface area contributed by atoms with Crippen molar-refractivity contribution in [3.63, 3.8) is 0 Å². The Morgan fingerprint density at radius 1 is 1.22 bits per heavy atom. The van der Waals surface area contributed by atoms with Crippen LogP contribution in [0.25, 0.3) is 10.9 Å². The molecule has 5 heteroatoms. The minimum Gasteiger partial charge on any atom is -0.307 e. The molecule has 1 heterocycles. The maximum Gasteiger partial charge on any atom is 0.329 e. The van der Waals surface area contributed by atoms with Gasteiger partial charge in [0.15, 0.2) is 0 Å². The highest BCUT2D eigenvalue weighted by atomic mass is 19.1. The van der Waals surface area contributed by atoms with Crippen LogP contribution in [0.5, 0.6) is 0 Å². The number of benzene rings is 1. The molecule has 2 aromatic rings. The van der Waals surface area contributed by atoms with Gasteiger partial charge in [0.2, 0.25) is 0 Å². The minimum absolute atomic E-state index is 0.0179. The van der Waals surface area contributed by atoms with Crippen molar-refractivity contribution in [3.05, 3.63) is 44.9 Å². The number of halogens is 1. The molecule has 1 saturated carbocycles. The Balaban J connectivity index is 2.30. The van der Waals surface area contributed by atoms with Crippen molar-refractivity contribution in [2.75, 3.05) is 0 Å². The fourth-order valence-corrected chi connectivity index (χ4v) is 2.70. The number of hydrogen-bond donors (Lipinski definition) is 1. The van der Waals surface area contributed by atoms with E-state index in [4.69, 9.17) is 0 Å². The molecule has 1 N–H and O–H groups in total. The molecule has 0 atom stereocenters. The Hall–Kier alpha value is -1.91. The first kappa shape index (κ1) is 11.2. The second-order valence-electron chi connectivity index (χ2n) is 4.73. The summed E-state index contributed by atoms with van der Waals surface area (Å²) in [5, 5.41) is 0.364. The van der Waals surface area contributed by atoms with Crippen molar-refractivity contribution in [2.24, 2.45) is 0 Å². The molecular weight excluding hydrogens is 235 g/mol. The zero-order valence-electron chi connectivity index (χ0n) is 9.78. The van der Waals surface area contributed by atoms with Gasteiger partial charge in [-0.25, -0.2) is 9.18 Å². The molecule has 1 aromatic carbocycles. The van der Waals surface area contributed by atoms with Crippen molar-refractivity contribution in [3.8, 4) is 0 Å². The maximum absolute atomic E-state index is 13.1. The van der Waals surface area contributed by atoms with Gasteiger partial charge in [0.05, 0.1) is 10.9 Å². The predicted octanol–water partition coefficient (Wildman–Crippen LogP) is 1.94. The van der Waals surface area contributed by atoms with E-state index in [9.17, 15) is 14.0 Å². The number of aromatic nitrogens is 2. The van der Waals surface area contributed by atoms with Crippen molar-refractivity contribution in [1.29, 1.82) is 0 Å². The lowest BCUT2D eigenvalue weighted by molar-refractivity contribution is 0.483. The van der Waals surface area contributed by atoms with E-state index in [1.807, 2.05) is 0 Å². The van der Waals surface area contributed by atoms with Gasteiger partial charge in [0, 0.05) is 6.04 Å². The zero-order valence-corrected chi connectivity index (χ0v) is 9.78. The van der Waals surface area contributed by atoms with Gasteiger partial charge in [-0.15, -0.1) is 0 Å². The van der Waals surface area contributed by atoms with Gasteiger partial charge < -0.3 is 4.98 Å². The predicted molar refractivity (Wildman–Crippen MR) is 66.3 cm³/mol. The highest BCUT2D eigenvalue weighted by molar-refractivity contribution is 5.77. The molecule has 0 spiro atoms. The molecule has 1 aromatic heterocycles. The number of nitrogens with zero attached hydrogens (tertiary/aromatic N) is 1. The molecule has 4 nitrogen and oxygen atoms in total. The fourth-order valence-electron chi connectivity index (χ4n) is 2.70. The molecule has 0 saturated heterocycles. The zero-order chi connectivity index (χ0) is 12.7. The molecule has 94 valence electrons. The number of rotatable bonds is 1. The average molecular weight is 248 g/mol. The first-order chi connectivity index (χ1) is 8.66. The normalized spacial score (nSPS) is 16.5. The van der Waals surface area contributed by atoms with E-state index in [0.717, 1.165) is 25.7 Å². The fraction of sp³-hybridized carbons (Fsp3) is 0.385. The molecule has 0 aliphatic heterocycles. The lowest BCUT2D eigenvalue weighted by Gasteiger charge is -2.12. The number of nitrogens with one attached hydrogen (secondary N) is 1. The van der Waals surface area contributed by atoms with Gasteiger partial charge in [-0.1, -0.05) is 12.8 Å². The van der Waals surface area contributed by atoms with E-state index in [2.05, 4.69) is 4.98 Å². The Bertz CT molecular complexity index is 711. The summed E-state index contributed by atoms with van der Waals surface area (Å²) < 4.78 is 14.4. The van der Waals surface area contributed by atoms with Crippen LogP contribution >= 0.6 is 0 Å². The molecule has 3 rings (SSSR count). The standard InChI is InChI=1S/C13H13FN2O2/c14-8-5-6-10-11(7-8)15-13(18)16(12(10)17)9-3-1-2-4-9/h5-7,9H,1-4H2,(H,15,18). The summed E-state index contributed by atoms with van der Waals surface area (Å²) in [6, 6.07) is 3.82. The van der Waals surface area contributed by atoms with Crippen molar-refractivity contribution >= 4 is 10.9 Å². The SMILES string of the molecule is O=c1[nH]c2cc(F)ccc2c(=O)n1C1CCCC1. The summed E-state index contributed by atoms with van der Waals surface area (Å²) in [6.45, 7) is 0. The Labute approximate surface area is 102 Å². The van der Waals surface area contributed by atoms with E-state index in [1.54, 1.807) is 0 Å². The van der Waals surface area contributed by atoms with Crippen molar-refractivity contribution in [1.82, 2.24) is 9.55 Å². The van der Waals surface area contributed by atoms with Gasteiger partial charge >= 0.3 is 5.69 Å². The van der Waals surface area contributed by atoms with Crippen LogP contribution in [0.4, 0.5) is 4.39 Å². The summed E-state index contributed by atoms with van der Waals surface area (Å²) in [4.78, 5) is 26.8. The van der Waals surface area contributed by atoms with Crippen LogP contribution in [-0.2, 0) is 0 Å². The van der Waals surface area contributed by atoms with Gasteiger partial charge in [-0.2, -0.15) is 0 Å². The molecule has 1 aliphatic rings. The first-order valence-corrected chi connectivity index (χ1v) is 6.11. The maximum atomic E-state index is 13.1. The van der Waals surface area contributed by atoms with Crippen LogP contribution in [-0.4, -0.2) is 9.55 Å². The van der Waals surface area contributed by atoms with E-state index in [-0.39, 0.29) is 17.1 Å². The van der Waals surface area contributed by atoms with Crippen molar-refractivity contribution < 1.29 is 4.39 Å². The molecule has 0 radical (unpaired) electrons. The van der Waals surface area contributed by atoms with Crippen LogP contribution < -0.4 is 11.2 Å². The quantitative estimate of drug-likeness (QED) is 0.838. The second-order valence-corrected chi connectivity index (χ2v) is 4.73. The third-order valence-electron chi connectivity index (χ3n) is 3.58. The van der Waals surface area contributed by atoms with Crippen LogP contribution in [0.2, 0.25) is 0 Å². The topological polar surface area (TPSA) is 54.9 Å². The molecule has 1 fully saturated rings. The van der Waals surface area contributed by atoms with Crippen LogP contribution in [0.1, 0.15) is 31.7 Å². The van der Waals surface area contributed by atoms with Gasteiger partial charge in [0.25, 0.3) is 5.56 Å². The molecule has 1 aliphatic carbocycles. The molecule has 18 heavy (non-hydrogen) atoms. The smallest absolute Gasteiger partial charge is 0.307 e. The van der Waals surface area contributed by atoms with Gasteiger partial charge in [0.1, 0.15) is 5.82 Å². The number of H-pyrrole nitrogens is 1. The number of hydrogen-bond acceptors (Lipinski definition) is 2. The summed E-state index contributed by atoms with van der Waals surface area (Å²) in [6.07, 6.45) is 3.79. The third-order valence-corrected chi connectivity index (χ3v) is 3.58. The number of aromatic amines is 1. The summed E-state index contributed by atoms with van der Waals surface area (Å²) >= 11 is 0. The second kappa shape index (κ2) is 4.08. The lowest BCUT2D eigenvalue weighted by atomic mass is 10.2. The molecular formula is C13H13FN2O2. The van der Waals surface area contributed by atoms with Crippen LogP contribution in [0.3, 0.4) is 0 Å². The van der Waals surface area contributed by atoms with Crippen LogP contribution in [0, 0.1) is 5.82 Å². The summed E-state index contributed by atoms with van der Waals surface area (Å²) in [5.41, 5.74) is -0.495. The highest BCUT2D eigenvalue weighted by Gasteiger charge is 2.21. The third kappa shape index (κ3) is 1.66. The van der Waals surface area contributed by atoms with Crippen molar-refractivity contribution in [2.45, 2.75) is 31.7 Å². The largest absolute Gasteiger partial charge is 0.329 e. The lowest BCUT2D eigenvalue weighted by Crippen LogP contribution is -2.37. The van der Waals surface area contributed by atoms with E-state index >= 15 is 0 Å². The number of fused-ring (bicyclic) bond motifs is 1. The van der Waals surface area contributed by atoms with E-state index in [0.29, 0.717) is 5.39 Å². The van der Waals surface area contributed by atoms with E-state index < -0.39 is 11.5 Å². The molecule has 0 amide bonds. The summed E-state index contributed by atoms with van der Waals surface area (Å²) in [7, 11) is 0. The van der Waals surface area contributed by atoms with Gasteiger partial charge in [-0.05, 0) is 31.0 Å². The molecule has 0 bridgehead atoms. The Kier molecular flexibility index (Phi) is 2.54. The summed E-state index contributed by atoms with van der Waals surface area (Å²) in [5.74, 6) is -0.462. The van der Waals surface area contributed by atoms with Gasteiger partial charge in [-0.3, -0.25) is 9.36 Å². The Morgan fingerprint density at radius 3 is 2.67 bits per heavy atom. The minimum atomic E-state index is -0.462. The first-order valence-electron chi connectivity index (χ1n) is 6.11. The average Bonchev–Trinajstić information content (AvgIpc) is 2.82. The highest BCUT2D eigenvalue weighted by Crippen LogP contribution is 2.27. The van der Waals surface area contributed by atoms with E-state index in [1.165, 1.54) is 22.8 Å². The van der Waals surface area contributed by atoms with Crippen LogP contribution in [0.15, 0.2) is 27.8 Å². The monoisotopic (exact) mass is 248 g/mol. The Morgan fingerprint density at radius 2 is 1.94 bits per heavy atom.